The first-order chi connectivity index (χ1) is 14.1. The quantitative estimate of drug-likeness (QED) is 0.534. The van der Waals surface area contributed by atoms with Crippen molar-refractivity contribution in [2.45, 2.75) is 50.4 Å². The van der Waals surface area contributed by atoms with Gasteiger partial charge in [0.25, 0.3) is 0 Å². The van der Waals surface area contributed by atoms with Gasteiger partial charge in [0.1, 0.15) is 0 Å². The molecule has 1 aromatic heterocycles. The summed E-state index contributed by atoms with van der Waals surface area (Å²) in [5.74, 6) is 0.883. The zero-order valence-electron chi connectivity index (χ0n) is 16.6. The minimum Gasteiger partial charge on any atom is -0.335 e. The average Bonchev–Trinajstić information content (AvgIpc) is 3.12. The third-order valence-electron chi connectivity index (χ3n) is 5.07. The summed E-state index contributed by atoms with van der Waals surface area (Å²) < 4.78 is 1.91. The Morgan fingerprint density at radius 1 is 1.24 bits per heavy atom. The Morgan fingerprint density at radius 3 is 2.72 bits per heavy atom. The number of imide groups is 1. The summed E-state index contributed by atoms with van der Waals surface area (Å²) in [6.07, 6.45) is 6.15. The molecule has 3 rings (SSSR count). The van der Waals surface area contributed by atoms with Crippen LogP contribution in [0.15, 0.2) is 48.1 Å². The number of carbonyl (C=O) groups excluding carboxylic acids is 2. The fourth-order valence-corrected chi connectivity index (χ4v) is 4.27. The van der Waals surface area contributed by atoms with Gasteiger partial charge >= 0.3 is 6.03 Å². The zero-order chi connectivity index (χ0) is 20.6. The third kappa shape index (κ3) is 5.69. The smallest absolute Gasteiger partial charge is 0.321 e. The molecule has 8 heteroatoms. The summed E-state index contributed by atoms with van der Waals surface area (Å²) >= 11 is 1.25. The lowest BCUT2D eigenvalue weighted by atomic mass is 9.86. The van der Waals surface area contributed by atoms with Gasteiger partial charge in [-0.1, -0.05) is 67.9 Å². The lowest BCUT2D eigenvalue weighted by Crippen LogP contribution is -2.48. The molecular weight excluding hydrogens is 386 g/mol. The predicted molar refractivity (Wildman–Crippen MR) is 114 cm³/mol. The first kappa shape index (κ1) is 21.1. The number of allylic oxidation sites excluding steroid dienone is 1. The van der Waals surface area contributed by atoms with E-state index in [4.69, 9.17) is 0 Å². The molecule has 0 radical (unpaired) electrons. The number of nitrogens with one attached hydrogen (secondary N) is 2. The van der Waals surface area contributed by atoms with E-state index in [1.165, 1.54) is 18.2 Å². The van der Waals surface area contributed by atoms with Crippen LogP contribution in [-0.2, 0) is 11.3 Å². The number of urea groups is 1. The second-order valence-electron chi connectivity index (χ2n) is 7.25. The molecule has 2 aromatic rings. The van der Waals surface area contributed by atoms with Crippen LogP contribution in [-0.4, -0.2) is 38.5 Å². The van der Waals surface area contributed by atoms with Crippen molar-refractivity contribution in [1.82, 2.24) is 25.4 Å². The molecule has 2 N–H and O–H groups in total. The third-order valence-corrected chi connectivity index (χ3v) is 6.04. The Kier molecular flexibility index (Phi) is 7.46. The zero-order valence-corrected chi connectivity index (χ0v) is 17.5. The molecule has 3 amide bonds. The minimum atomic E-state index is -0.424. The van der Waals surface area contributed by atoms with Gasteiger partial charge in [-0.3, -0.25) is 14.7 Å². The number of hydrogen-bond acceptors (Lipinski definition) is 5. The van der Waals surface area contributed by atoms with E-state index in [0.717, 1.165) is 30.7 Å². The van der Waals surface area contributed by atoms with Gasteiger partial charge in [0.2, 0.25) is 5.91 Å². The highest BCUT2D eigenvalue weighted by molar-refractivity contribution is 7.99. The Balaban J connectivity index is 1.56. The molecule has 0 unspecified atom stereocenters. The molecule has 7 nitrogen and oxygen atoms in total. The number of rotatable bonds is 7. The van der Waals surface area contributed by atoms with Crippen LogP contribution in [0.2, 0.25) is 0 Å². The lowest BCUT2D eigenvalue weighted by molar-refractivity contribution is -0.117. The second kappa shape index (κ2) is 10.2. The summed E-state index contributed by atoms with van der Waals surface area (Å²) in [6, 6.07) is 9.45. The molecule has 1 heterocycles. The van der Waals surface area contributed by atoms with Crippen LogP contribution in [0.25, 0.3) is 11.4 Å². The molecule has 0 aliphatic heterocycles. The summed E-state index contributed by atoms with van der Waals surface area (Å²) in [5.41, 5.74) is 0.944. The second-order valence-corrected chi connectivity index (χ2v) is 8.19. The molecule has 1 aliphatic carbocycles. The number of thioether (sulfide) groups is 1. The number of amides is 3. The molecule has 1 aromatic carbocycles. The van der Waals surface area contributed by atoms with Crippen molar-refractivity contribution in [3.8, 4) is 11.4 Å². The molecular formula is C21H27N5O2S. The van der Waals surface area contributed by atoms with Crippen molar-refractivity contribution in [3.05, 3.63) is 43.0 Å². The highest BCUT2D eigenvalue weighted by Gasteiger charge is 2.23. The first-order valence-corrected chi connectivity index (χ1v) is 10.9. The van der Waals surface area contributed by atoms with Gasteiger partial charge in [0, 0.05) is 18.2 Å². The number of benzene rings is 1. The molecule has 0 bridgehead atoms. The van der Waals surface area contributed by atoms with Crippen LogP contribution >= 0.6 is 11.8 Å². The van der Waals surface area contributed by atoms with E-state index in [2.05, 4.69) is 34.3 Å². The maximum atomic E-state index is 12.2. The largest absolute Gasteiger partial charge is 0.335 e. The first-order valence-electron chi connectivity index (χ1n) is 9.91. The number of aromatic nitrogens is 3. The van der Waals surface area contributed by atoms with Crippen molar-refractivity contribution in [1.29, 1.82) is 0 Å². The standard InChI is InChI=1S/C21H27N5O2S/c1-3-13-26-19(16-10-5-4-6-11-16)24-25-21(26)29-14-18(27)23-20(28)22-17-12-8-7-9-15(17)2/h3-6,10-11,15,17H,1,7-9,12-14H2,2H3,(H2,22,23,27,28)/t15-,17-/m0/s1. The fraction of sp³-hybridized carbons (Fsp3) is 0.429. The van der Waals surface area contributed by atoms with Crippen LogP contribution < -0.4 is 10.6 Å². The summed E-state index contributed by atoms with van der Waals surface area (Å²) in [6.45, 7) is 6.46. The van der Waals surface area contributed by atoms with E-state index in [1.807, 2.05) is 34.9 Å². The molecule has 154 valence electrons. The van der Waals surface area contributed by atoms with Crippen LogP contribution in [0, 0.1) is 5.92 Å². The van der Waals surface area contributed by atoms with Gasteiger partial charge < -0.3 is 5.32 Å². The van der Waals surface area contributed by atoms with Crippen LogP contribution in [0.1, 0.15) is 32.6 Å². The highest BCUT2D eigenvalue weighted by atomic mass is 32.2. The Hall–Kier alpha value is -2.61. The summed E-state index contributed by atoms with van der Waals surface area (Å²) in [7, 11) is 0. The highest BCUT2D eigenvalue weighted by Crippen LogP contribution is 2.24. The van der Waals surface area contributed by atoms with Crippen LogP contribution in [0.5, 0.6) is 0 Å². The molecule has 2 atom stereocenters. The number of hydrogen-bond donors (Lipinski definition) is 2. The number of nitrogens with zero attached hydrogens (tertiary/aromatic N) is 3. The maximum absolute atomic E-state index is 12.2. The molecule has 0 saturated heterocycles. The topological polar surface area (TPSA) is 88.9 Å². The average molecular weight is 414 g/mol. The molecule has 1 fully saturated rings. The van der Waals surface area contributed by atoms with Gasteiger partial charge in [0.15, 0.2) is 11.0 Å². The van der Waals surface area contributed by atoms with E-state index in [0.29, 0.717) is 17.6 Å². The van der Waals surface area contributed by atoms with Gasteiger partial charge in [0.05, 0.1) is 5.75 Å². The van der Waals surface area contributed by atoms with Crippen molar-refractivity contribution in [3.63, 3.8) is 0 Å². The predicted octanol–water partition coefficient (Wildman–Crippen LogP) is 3.63. The Bertz CT molecular complexity index is 852. The van der Waals surface area contributed by atoms with E-state index in [1.54, 1.807) is 6.08 Å². The van der Waals surface area contributed by atoms with E-state index in [-0.39, 0.29) is 17.7 Å². The van der Waals surface area contributed by atoms with E-state index >= 15 is 0 Å². The molecule has 1 saturated carbocycles. The van der Waals surface area contributed by atoms with Crippen molar-refractivity contribution in [2.24, 2.45) is 5.92 Å². The Labute approximate surface area is 175 Å². The lowest BCUT2D eigenvalue weighted by Gasteiger charge is -2.29. The van der Waals surface area contributed by atoms with E-state index in [9.17, 15) is 9.59 Å². The van der Waals surface area contributed by atoms with Gasteiger partial charge in [-0.25, -0.2) is 4.79 Å². The Morgan fingerprint density at radius 2 is 2.00 bits per heavy atom. The normalized spacial score (nSPS) is 18.8. The van der Waals surface area contributed by atoms with Crippen molar-refractivity contribution in [2.75, 3.05) is 5.75 Å². The van der Waals surface area contributed by atoms with Crippen molar-refractivity contribution < 1.29 is 9.59 Å². The monoisotopic (exact) mass is 413 g/mol. The summed E-state index contributed by atoms with van der Waals surface area (Å²) in [5, 5.41) is 14.4. The number of carbonyl (C=O) groups is 2. The van der Waals surface area contributed by atoms with Gasteiger partial charge in [-0.15, -0.1) is 16.8 Å². The van der Waals surface area contributed by atoms with Gasteiger partial charge in [-0.05, 0) is 18.8 Å². The summed E-state index contributed by atoms with van der Waals surface area (Å²) in [4.78, 5) is 24.4. The fourth-order valence-electron chi connectivity index (χ4n) is 3.52. The molecule has 0 spiro atoms. The SMILES string of the molecule is C=CCn1c(SCC(=O)NC(=O)N[C@H]2CCCC[C@@H]2C)nnc1-c1ccccc1. The molecule has 1 aliphatic rings. The minimum absolute atomic E-state index is 0.0811. The maximum Gasteiger partial charge on any atom is 0.321 e. The van der Waals surface area contributed by atoms with Crippen LogP contribution in [0.4, 0.5) is 4.79 Å². The van der Waals surface area contributed by atoms with Crippen LogP contribution in [0.3, 0.4) is 0 Å². The van der Waals surface area contributed by atoms with E-state index < -0.39 is 6.03 Å². The van der Waals surface area contributed by atoms with Gasteiger partial charge in [-0.2, -0.15) is 0 Å². The van der Waals surface area contributed by atoms with Crippen molar-refractivity contribution >= 4 is 23.7 Å². The molecule has 29 heavy (non-hydrogen) atoms.